The average molecular weight is 262 g/mol. The summed E-state index contributed by atoms with van der Waals surface area (Å²) in [6, 6.07) is 5.92. The summed E-state index contributed by atoms with van der Waals surface area (Å²) in [7, 11) is 0. The fraction of sp³-hybridized carbons (Fsp3) is 0.533. The number of ether oxygens (including phenoxy) is 1. The van der Waals surface area contributed by atoms with Crippen LogP contribution in [0.5, 0.6) is 0 Å². The Bertz CT molecular complexity index is 489. The van der Waals surface area contributed by atoms with E-state index in [0.717, 1.165) is 17.7 Å². The molecule has 4 heteroatoms. The monoisotopic (exact) mass is 262 g/mol. The lowest BCUT2D eigenvalue weighted by Crippen LogP contribution is -2.36. The Labute approximate surface area is 114 Å². The average Bonchev–Trinajstić information content (AvgIpc) is 2.69. The van der Waals surface area contributed by atoms with Gasteiger partial charge in [0.25, 0.3) is 0 Å². The van der Waals surface area contributed by atoms with Crippen LogP contribution in [0.4, 0.5) is 10.5 Å². The summed E-state index contributed by atoms with van der Waals surface area (Å²) in [5, 5.41) is 0. The van der Waals surface area contributed by atoms with E-state index in [0.29, 0.717) is 6.54 Å². The van der Waals surface area contributed by atoms with E-state index in [1.54, 1.807) is 4.90 Å². The molecular weight excluding hydrogens is 240 g/mol. The maximum Gasteiger partial charge on any atom is 0.414 e. The number of carbonyl (C=O) groups excluding carboxylic acids is 1. The van der Waals surface area contributed by atoms with Gasteiger partial charge in [0.15, 0.2) is 0 Å². The highest BCUT2D eigenvalue weighted by Gasteiger charge is 2.31. The molecule has 0 bridgehead atoms. The molecule has 1 unspecified atom stereocenters. The lowest BCUT2D eigenvalue weighted by Gasteiger charge is -2.26. The Morgan fingerprint density at radius 1 is 1.42 bits per heavy atom. The number of hydrogen-bond donors (Lipinski definition) is 1. The van der Waals surface area contributed by atoms with Crippen molar-refractivity contribution in [2.75, 3.05) is 11.4 Å². The highest BCUT2D eigenvalue weighted by Crippen LogP contribution is 2.35. The van der Waals surface area contributed by atoms with Crippen LogP contribution in [0.1, 0.15) is 44.9 Å². The van der Waals surface area contributed by atoms with Gasteiger partial charge in [0.05, 0.1) is 5.69 Å². The van der Waals surface area contributed by atoms with Gasteiger partial charge in [-0.25, -0.2) is 4.79 Å². The molecule has 1 aromatic carbocycles. The van der Waals surface area contributed by atoms with Gasteiger partial charge in [-0.1, -0.05) is 18.2 Å². The van der Waals surface area contributed by atoms with Crippen molar-refractivity contribution in [2.45, 2.75) is 45.8 Å². The molecule has 0 aliphatic carbocycles. The molecule has 4 nitrogen and oxygen atoms in total. The predicted molar refractivity (Wildman–Crippen MR) is 76.3 cm³/mol. The Morgan fingerprint density at radius 3 is 2.68 bits per heavy atom. The largest absolute Gasteiger partial charge is 0.443 e. The maximum absolute atomic E-state index is 12.3. The van der Waals surface area contributed by atoms with Gasteiger partial charge in [-0.05, 0) is 45.2 Å². The third-order valence-corrected chi connectivity index (χ3v) is 3.13. The normalized spacial score (nSPS) is 16.2. The second kappa shape index (κ2) is 4.85. The number of para-hydroxylation sites is 1. The molecule has 1 aromatic rings. The Balaban J connectivity index is 2.33. The molecule has 0 spiro atoms. The number of rotatable bonds is 1. The van der Waals surface area contributed by atoms with Crippen LogP contribution in [-0.2, 0) is 11.2 Å². The number of nitrogens with zero attached hydrogens (tertiary/aromatic N) is 1. The van der Waals surface area contributed by atoms with E-state index in [9.17, 15) is 4.79 Å². The fourth-order valence-electron chi connectivity index (χ4n) is 2.35. The Hall–Kier alpha value is -1.55. The van der Waals surface area contributed by atoms with Gasteiger partial charge in [-0.3, -0.25) is 4.90 Å². The molecule has 1 aliphatic rings. The van der Waals surface area contributed by atoms with Crippen LogP contribution in [0.3, 0.4) is 0 Å². The molecule has 0 radical (unpaired) electrons. The number of amides is 1. The Kier molecular flexibility index (Phi) is 3.54. The highest BCUT2D eigenvalue weighted by molar-refractivity contribution is 5.91. The number of nitrogens with two attached hydrogens (primary N) is 1. The van der Waals surface area contributed by atoms with Gasteiger partial charge in [0.2, 0.25) is 0 Å². The van der Waals surface area contributed by atoms with Crippen LogP contribution in [0.15, 0.2) is 18.2 Å². The van der Waals surface area contributed by atoms with Crippen molar-refractivity contribution in [1.82, 2.24) is 0 Å². The molecule has 1 aliphatic heterocycles. The summed E-state index contributed by atoms with van der Waals surface area (Å²) in [6.07, 6.45) is 0.564. The number of anilines is 1. The van der Waals surface area contributed by atoms with Crippen molar-refractivity contribution in [1.29, 1.82) is 0 Å². The molecule has 0 aromatic heterocycles. The van der Waals surface area contributed by atoms with Crippen LogP contribution in [-0.4, -0.2) is 18.2 Å². The van der Waals surface area contributed by atoms with Crippen LogP contribution in [0, 0.1) is 0 Å². The summed E-state index contributed by atoms with van der Waals surface area (Å²) in [6.45, 7) is 8.22. The molecule has 1 amide bonds. The second-order valence-electron chi connectivity index (χ2n) is 6.03. The number of benzene rings is 1. The van der Waals surface area contributed by atoms with Crippen molar-refractivity contribution < 1.29 is 9.53 Å². The van der Waals surface area contributed by atoms with Crippen LogP contribution in [0.2, 0.25) is 0 Å². The molecule has 1 atom stereocenters. The first-order valence-corrected chi connectivity index (χ1v) is 6.67. The van der Waals surface area contributed by atoms with E-state index in [1.165, 1.54) is 5.56 Å². The van der Waals surface area contributed by atoms with Crippen LogP contribution in [0.25, 0.3) is 0 Å². The quantitative estimate of drug-likeness (QED) is 0.846. The van der Waals surface area contributed by atoms with Crippen molar-refractivity contribution in [2.24, 2.45) is 5.73 Å². The molecule has 1 heterocycles. The molecule has 19 heavy (non-hydrogen) atoms. The summed E-state index contributed by atoms with van der Waals surface area (Å²) in [5.74, 6) is 0. The van der Waals surface area contributed by atoms with Crippen LogP contribution < -0.4 is 10.6 Å². The first-order valence-electron chi connectivity index (χ1n) is 6.67. The molecule has 2 rings (SSSR count). The highest BCUT2D eigenvalue weighted by atomic mass is 16.6. The third-order valence-electron chi connectivity index (χ3n) is 3.13. The Morgan fingerprint density at radius 2 is 2.11 bits per heavy atom. The predicted octanol–water partition coefficient (Wildman–Crippen LogP) is 3.00. The number of fused-ring (bicyclic) bond motifs is 1. The van der Waals surface area contributed by atoms with Gasteiger partial charge in [0.1, 0.15) is 5.60 Å². The standard InChI is InChI=1S/C15H22N2O2/c1-10(16)12-7-5-6-11-8-9-17(13(11)12)14(18)19-15(2,3)4/h5-7,10H,8-9,16H2,1-4H3. The van der Waals surface area contributed by atoms with Crippen molar-refractivity contribution in [3.63, 3.8) is 0 Å². The zero-order valence-electron chi connectivity index (χ0n) is 12.1. The van der Waals surface area contributed by atoms with Crippen LogP contribution >= 0.6 is 0 Å². The molecule has 0 fully saturated rings. The minimum Gasteiger partial charge on any atom is -0.443 e. The molecular formula is C15H22N2O2. The summed E-state index contributed by atoms with van der Waals surface area (Å²) < 4.78 is 5.46. The summed E-state index contributed by atoms with van der Waals surface area (Å²) in [4.78, 5) is 14.0. The van der Waals surface area contributed by atoms with E-state index in [4.69, 9.17) is 10.5 Å². The molecule has 2 N–H and O–H groups in total. The van der Waals surface area contributed by atoms with E-state index >= 15 is 0 Å². The van der Waals surface area contributed by atoms with Crippen molar-refractivity contribution in [3.8, 4) is 0 Å². The lowest BCUT2D eigenvalue weighted by molar-refractivity contribution is 0.0583. The summed E-state index contributed by atoms with van der Waals surface area (Å²) in [5.41, 5.74) is 8.62. The smallest absolute Gasteiger partial charge is 0.414 e. The van der Waals surface area contributed by atoms with Gasteiger partial charge in [-0.15, -0.1) is 0 Å². The maximum atomic E-state index is 12.3. The second-order valence-corrected chi connectivity index (χ2v) is 6.03. The van der Waals surface area contributed by atoms with E-state index in [1.807, 2.05) is 45.9 Å². The van der Waals surface area contributed by atoms with Gasteiger partial charge in [0, 0.05) is 12.6 Å². The van der Waals surface area contributed by atoms with Gasteiger partial charge in [-0.2, -0.15) is 0 Å². The van der Waals surface area contributed by atoms with Gasteiger partial charge < -0.3 is 10.5 Å². The third kappa shape index (κ3) is 2.89. The number of hydrogen-bond acceptors (Lipinski definition) is 3. The fourth-order valence-corrected chi connectivity index (χ4v) is 2.35. The van der Waals surface area contributed by atoms with E-state index in [2.05, 4.69) is 0 Å². The summed E-state index contributed by atoms with van der Waals surface area (Å²) >= 11 is 0. The van der Waals surface area contributed by atoms with Crippen molar-refractivity contribution in [3.05, 3.63) is 29.3 Å². The minimum atomic E-state index is -0.483. The van der Waals surface area contributed by atoms with E-state index in [-0.39, 0.29) is 12.1 Å². The van der Waals surface area contributed by atoms with Gasteiger partial charge >= 0.3 is 6.09 Å². The topological polar surface area (TPSA) is 55.6 Å². The molecule has 104 valence electrons. The lowest BCUT2D eigenvalue weighted by atomic mass is 10.0. The van der Waals surface area contributed by atoms with E-state index < -0.39 is 5.60 Å². The van der Waals surface area contributed by atoms with Crippen molar-refractivity contribution >= 4 is 11.8 Å². The SMILES string of the molecule is CC(N)c1cccc2c1N(C(=O)OC(C)(C)C)CC2. The zero-order valence-corrected chi connectivity index (χ0v) is 12.1. The first-order chi connectivity index (χ1) is 8.79. The number of carbonyl (C=O) groups is 1. The molecule has 0 saturated carbocycles. The molecule has 0 saturated heterocycles. The first kappa shape index (κ1) is 13.9. The zero-order chi connectivity index (χ0) is 14.2. The minimum absolute atomic E-state index is 0.0991.